The van der Waals surface area contributed by atoms with Crippen LogP contribution in [0.3, 0.4) is 0 Å². The molecule has 3 fully saturated rings. The van der Waals surface area contributed by atoms with Crippen molar-refractivity contribution >= 4 is 5.97 Å². The molecule has 0 aliphatic heterocycles. The minimum atomic E-state index is -0.485. The normalized spacial score (nSPS) is 40.8. The summed E-state index contributed by atoms with van der Waals surface area (Å²) in [7, 11) is 0. The van der Waals surface area contributed by atoms with Gasteiger partial charge in [0.1, 0.15) is 6.10 Å². The number of rotatable bonds is 7. The van der Waals surface area contributed by atoms with E-state index < -0.39 is 5.97 Å². The van der Waals surface area contributed by atoms with Crippen molar-refractivity contribution in [1.82, 2.24) is 0 Å². The third-order valence-corrected chi connectivity index (χ3v) is 10.7. The zero-order chi connectivity index (χ0) is 24.8. The van der Waals surface area contributed by atoms with Gasteiger partial charge < -0.3 is 14.9 Å². The number of carbonyl (C=O) groups is 1. The standard InChI is InChI=1S/C30H46O4/c1-18(2)15-27(34-28(33)19(3)17-31)20(4)24-9-10-25-23-8-7-21-16-22(32)11-13-29(21,5)26(23)12-14-30(24,25)6/h7,20,22-27,31-32H,1,3,8-17H2,2,4-6H3/t20-,22?,23?,24?,25?,26?,27?,29-,30?/m0/s1. The maximum Gasteiger partial charge on any atom is 0.336 e. The Bertz CT molecular complexity index is 858. The molecule has 0 aromatic rings. The largest absolute Gasteiger partial charge is 0.458 e. The first-order chi connectivity index (χ1) is 16.0. The molecular weight excluding hydrogens is 424 g/mol. The highest BCUT2D eigenvalue weighted by Crippen LogP contribution is 2.67. The third kappa shape index (κ3) is 4.34. The molecule has 0 aromatic carbocycles. The van der Waals surface area contributed by atoms with Gasteiger partial charge in [0.2, 0.25) is 0 Å². The summed E-state index contributed by atoms with van der Waals surface area (Å²) in [5.41, 5.74) is 3.17. The van der Waals surface area contributed by atoms with Crippen LogP contribution < -0.4 is 0 Å². The number of aliphatic hydroxyl groups is 2. The lowest BCUT2D eigenvalue weighted by Crippen LogP contribution is -2.51. The molecule has 0 heterocycles. The molecule has 0 radical (unpaired) electrons. The van der Waals surface area contributed by atoms with Crippen molar-refractivity contribution in [3.05, 3.63) is 36.0 Å². The molecule has 2 N–H and O–H groups in total. The molecule has 0 saturated heterocycles. The second kappa shape index (κ2) is 9.58. The first-order valence-corrected chi connectivity index (χ1v) is 13.5. The van der Waals surface area contributed by atoms with Crippen LogP contribution in [0.1, 0.15) is 85.5 Å². The molecule has 0 bridgehead atoms. The fraction of sp³-hybridized carbons (Fsp3) is 0.767. The van der Waals surface area contributed by atoms with Gasteiger partial charge in [0.05, 0.1) is 18.3 Å². The highest BCUT2D eigenvalue weighted by molar-refractivity contribution is 5.88. The predicted octanol–water partition coefficient (Wildman–Crippen LogP) is 5.99. The summed E-state index contributed by atoms with van der Waals surface area (Å²) < 4.78 is 5.92. The quantitative estimate of drug-likeness (QED) is 0.272. The molecule has 0 spiro atoms. The lowest BCUT2D eigenvalue weighted by Gasteiger charge is -2.58. The summed E-state index contributed by atoms with van der Waals surface area (Å²) >= 11 is 0. The SMILES string of the molecule is C=C(C)CC(OC(=O)C(=C)CO)[C@@H](C)C1CCC2C3CC=C4CC(O)CC[C@]4(C)C3CCC21C. The molecule has 7 unspecified atom stereocenters. The summed E-state index contributed by atoms with van der Waals surface area (Å²) in [6.45, 7) is 16.6. The molecule has 4 heteroatoms. The van der Waals surface area contributed by atoms with Crippen molar-refractivity contribution in [2.45, 2.75) is 97.7 Å². The van der Waals surface area contributed by atoms with Crippen LogP contribution in [0.5, 0.6) is 0 Å². The van der Waals surface area contributed by atoms with E-state index in [0.29, 0.717) is 18.3 Å². The predicted molar refractivity (Wildman–Crippen MR) is 136 cm³/mol. The molecular formula is C30H46O4. The van der Waals surface area contributed by atoms with Crippen LogP contribution in [0.15, 0.2) is 36.0 Å². The van der Waals surface area contributed by atoms with Crippen molar-refractivity contribution in [1.29, 1.82) is 0 Å². The van der Waals surface area contributed by atoms with Gasteiger partial charge in [-0.2, -0.15) is 0 Å². The summed E-state index contributed by atoms with van der Waals surface area (Å²) in [5, 5.41) is 19.6. The maximum absolute atomic E-state index is 12.5. The number of carbonyl (C=O) groups excluding carboxylic acids is 1. The molecule has 4 aliphatic rings. The minimum Gasteiger partial charge on any atom is -0.458 e. The van der Waals surface area contributed by atoms with Crippen molar-refractivity contribution in [2.24, 2.45) is 40.4 Å². The Morgan fingerprint density at radius 2 is 1.91 bits per heavy atom. The smallest absolute Gasteiger partial charge is 0.336 e. The lowest BCUT2D eigenvalue weighted by atomic mass is 9.47. The molecule has 190 valence electrons. The summed E-state index contributed by atoms with van der Waals surface area (Å²) in [6.07, 6.45) is 11.8. The number of esters is 1. The van der Waals surface area contributed by atoms with Crippen molar-refractivity contribution in [3.8, 4) is 0 Å². The second-order valence-electron chi connectivity index (χ2n) is 12.6. The van der Waals surface area contributed by atoms with E-state index in [4.69, 9.17) is 4.74 Å². The molecule has 9 atom stereocenters. The molecule has 0 amide bonds. The van der Waals surface area contributed by atoms with Gasteiger partial charge in [-0.1, -0.05) is 44.6 Å². The maximum atomic E-state index is 12.5. The van der Waals surface area contributed by atoms with Crippen LogP contribution in [0.4, 0.5) is 0 Å². The van der Waals surface area contributed by atoms with E-state index in [0.717, 1.165) is 43.1 Å². The zero-order valence-corrected chi connectivity index (χ0v) is 21.8. The fourth-order valence-electron chi connectivity index (χ4n) is 8.77. The van der Waals surface area contributed by atoms with E-state index in [1.165, 1.54) is 31.3 Å². The Hall–Kier alpha value is -1.39. The Balaban J connectivity index is 1.55. The monoisotopic (exact) mass is 470 g/mol. The van der Waals surface area contributed by atoms with Crippen molar-refractivity contribution < 1.29 is 19.7 Å². The highest BCUT2D eigenvalue weighted by atomic mass is 16.5. The average molecular weight is 471 g/mol. The molecule has 34 heavy (non-hydrogen) atoms. The summed E-state index contributed by atoms with van der Waals surface area (Å²) in [4.78, 5) is 12.5. The summed E-state index contributed by atoms with van der Waals surface area (Å²) in [6, 6.07) is 0. The molecule has 4 aliphatic carbocycles. The van der Waals surface area contributed by atoms with Crippen LogP contribution in [0.2, 0.25) is 0 Å². The van der Waals surface area contributed by atoms with Gasteiger partial charge in [-0.05, 0) is 98.7 Å². The zero-order valence-electron chi connectivity index (χ0n) is 21.8. The fourth-order valence-corrected chi connectivity index (χ4v) is 8.77. The van der Waals surface area contributed by atoms with E-state index in [1.807, 2.05) is 6.92 Å². The molecule has 3 saturated carbocycles. The number of aliphatic hydroxyl groups excluding tert-OH is 2. The number of hydrogen-bond acceptors (Lipinski definition) is 4. The Labute approximate surface area is 206 Å². The molecule has 4 nitrogen and oxygen atoms in total. The first kappa shape index (κ1) is 25.7. The third-order valence-electron chi connectivity index (χ3n) is 10.7. The van der Waals surface area contributed by atoms with E-state index >= 15 is 0 Å². The second-order valence-corrected chi connectivity index (χ2v) is 12.6. The van der Waals surface area contributed by atoms with Crippen LogP contribution in [-0.4, -0.2) is 35.0 Å². The lowest BCUT2D eigenvalue weighted by molar-refractivity contribution is -0.150. The molecule has 0 aromatic heterocycles. The van der Waals surface area contributed by atoms with Crippen LogP contribution in [0.25, 0.3) is 0 Å². The Morgan fingerprint density at radius 1 is 1.18 bits per heavy atom. The minimum absolute atomic E-state index is 0.116. The van der Waals surface area contributed by atoms with Crippen molar-refractivity contribution in [2.75, 3.05) is 6.61 Å². The topological polar surface area (TPSA) is 66.8 Å². The van der Waals surface area contributed by atoms with Gasteiger partial charge in [0, 0.05) is 6.42 Å². The van der Waals surface area contributed by atoms with E-state index in [-0.39, 0.29) is 41.1 Å². The van der Waals surface area contributed by atoms with Crippen molar-refractivity contribution in [3.63, 3.8) is 0 Å². The van der Waals surface area contributed by atoms with Gasteiger partial charge >= 0.3 is 5.97 Å². The van der Waals surface area contributed by atoms with Gasteiger partial charge in [-0.15, -0.1) is 6.58 Å². The van der Waals surface area contributed by atoms with Gasteiger partial charge in [0.25, 0.3) is 0 Å². The number of ether oxygens (including phenoxy) is 1. The van der Waals surface area contributed by atoms with E-state index in [9.17, 15) is 15.0 Å². The van der Waals surface area contributed by atoms with Gasteiger partial charge in [-0.25, -0.2) is 4.79 Å². The van der Waals surface area contributed by atoms with Crippen LogP contribution in [-0.2, 0) is 9.53 Å². The van der Waals surface area contributed by atoms with Gasteiger partial charge in [-0.3, -0.25) is 0 Å². The van der Waals surface area contributed by atoms with Gasteiger partial charge in [0.15, 0.2) is 0 Å². The first-order valence-electron chi connectivity index (χ1n) is 13.5. The number of fused-ring (bicyclic) bond motifs is 5. The molecule has 4 rings (SSSR count). The van der Waals surface area contributed by atoms with E-state index in [1.54, 1.807) is 0 Å². The highest BCUT2D eigenvalue weighted by Gasteiger charge is 2.59. The van der Waals surface area contributed by atoms with Crippen LogP contribution in [0, 0.1) is 40.4 Å². The Morgan fingerprint density at radius 3 is 2.59 bits per heavy atom. The number of allylic oxidation sites excluding steroid dienone is 1. The summed E-state index contributed by atoms with van der Waals surface area (Å²) in [5.74, 6) is 2.40. The Kier molecular flexibility index (Phi) is 7.24. The van der Waals surface area contributed by atoms with Crippen LogP contribution >= 0.6 is 0 Å². The average Bonchev–Trinajstić information content (AvgIpc) is 3.14. The van der Waals surface area contributed by atoms with E-state index in [2.05, 4.69) is 40.0 Å². The number of hydrogen-bond donors (Lipinski definition) is 2.